The van der Waals surface area contributed by atoms with Crippen molar-refractivity contribution in [2.75, 3.05) is 6.61 Å². The molecule has 8 heteroatoms. The van der Waals surface area contributed by atoms with Crippen molar-refractivity contribution in [1.29, 1.82) is 0 Å². The molecule has 1 aliphatic rings. The summed E-state index contributed by atoms with van der Waals surface area (Å²) in [5.41, 5.74) is 9.50. The Labute approximate surface area is 181 Å². The summed E-state index contributed by atoms with van der Waals surface area (Å²) in [6, 6.07) is 16.4. The minimum absolute atomic E-state index is 0. The third-order valence-electron chi connectivity index (χ3n) is 4.55. The number of aromatic nitrogens is 3. The monoisotopic (exact) mass is 490 g/mol. The number of ether oxygens (including phenoxy) is 1. The van der Waals surface area contributed by atoms with Gasteiger partial charge < -0.3 is 15.8 Å². The van der Waals surface area contributed by atoms with E-state index in [0.717, 1.165) is 28.9 Å². The smallest absolute Gasteiger partial charge is 0.189 e. The molecule has 1 unspecified atom stereocenters. The number of nitrogens with one attached hydrogen (secondary N) is 1. The number of nitrogens with two attached hydrogens (primary N) is 1. The second-order valence-corrected chi connectivity index (χ2v) is 6.48. The maximum Gasteiger partial charge on any atom is 0.189 e. The lowest BCUT2D eigenvalue weighted by Crippen LogP contribution is -2.37. The zero-order valence-corrected chi connectivity index (χ0v) is 17.7. The van der Waals surface area contributed by atoms with Crippen LogP contribution in [0, 0.1) is 0 Å². The Balaban J connectivity index is 0.00000225. The molecule has 0 saturated carbocycles. The summed E-state index contributed by atoms with van der Waals surface area (Å²) in [4.78, 5) is 8.43. The van der Waals surface area contributed by atoms with Crippen LogP contribution in [0.5, 0.6) is 5.75 Å². The van der Waals surface area contributed by atoms with E-state index in [1.165, 1.54) is 6.33 Å². The lowest BCUT2D eigenvalue weighted by Gasteiger charge is -2.26. The number of halogens is 1. The van der Waals surface area contributed by atoms with Crippen molar-refractivity contribution < 1.29 is 4.74 Å². The zero-order valence-electron chi connectivity index (χ0n) is 15.4. The molecule has 2 heterocycles. The minimum Gasteiger partial charge on any atom is -0.493 e. The van der Waals surface area contributed by atoms with E-state index in [1.54, 1.807) is 11.0 Å². The first-order valence-corrected chi connectivity index (χ1v) is 8.96. The Kier molecular flexibility index (Phi) is 6.85. The fraction of sp³-hybridized carbons (Fsp3) is 0.250. The van der Waals surface area contributed by atoms with Crippen molar-refractivity contribution >= 4 is 29.9 Å². The zero-order chi connectivity index (χ0) is 18.5. The summed E-state index contributed by atoms with van der Waals surface area (Å²) in [7, 11) is 0. The Hall–Kier alpha value is -2.62. The van der Waals surface area contributed by atoms with Crippen LogP contribution in [0.25, 0.3) is 0 Å². The van der Waals surface area contributed by atoms with Crippen LogP contribution in [0.15, 0.2) is 66.2 Å². The SMILES string of the molecule is I.NC(=NCc1ccc(Cn2cncn2)cc1)NC1CCOc2ccccc21. The molecule has 0 radical (unpaired) electrons. The van der Waals surface area contributed by atoms with Crippen molar-refractivity contribution in [2.45, 2.75) is 25.6 Å². The number of para-hydroxylation sites is 1. The molecule has 4 rings (SSSR count). The number of aliphatic imine (C=N–C) groups is 1. The molecule has 2 aromatic carbocycles. The summed E-state index contributed by atoms with van der Waals surface area (Å²) in [6.45, 7) is 1.92. The van der Waals surface area contributed by atoms with Crippen molar-refractivity contribution in [1.82, 2.24) is 20.1 Å². The molecule has 0 aliphatic carbocycles. The largest absolute Gasteiger partial charge is 0.493 e. The second-order valence-electron chi connectivity index (χ2n) is 6.48. The van der Waals surface area contributed by atoms with Gasteiger partial charge in [-0.2, -0.15) is 5.10 Å². The number of hydrogen-bond donors (Lipinski definition) is 2. The number of nitrogens with zero attached hydrogens (tertiary/aromatic N) is 4. The number of fused-ring (bicyclic) bond motifs is 1. The predicted octanol–water partition coefficient (Wildman–Crippen LogP) is 2.87. The van der Waals surface area contributed by atoms with Crippen LogP contribution < -0.4 is 15.8 Å². The molecule has 28 heavy (non-hydrogen) atoms. The maximum atomic E-state index is 6.11. The van der Waals surface area contributed by atoms with Gasteiger partial charge in [0.2, 0.25) is 0 Å². The highest BCUT2D eigenvalue weighted by Crippen LogP contribution is 2.31. The first kappa shape index (κ1) is 20.1. The van der Waals surface area contributed by atoms with Gasteiger partial charge in [-0.25, -0.2) is 14.7 Å². The van der Waals surface area contributed by atoms with E-state index in [2.05, 4.69) is 50.7 Å². The van der Waals surface area contributed by atoms with E-state index in [-0.39, 0.29) is 30.0 Å². The molecular weight excluding hydrogens is 467 g/mol. The van der Waals surface area contributed by atoms with Gasteiger partial charge in [-0.3, -0.25) is 0 Å². The normalized spacial score (nSPS) is 15.9. The highest BCUT2D eigenvalue weighted by Gasteiger charge is 2.21. The highest BCUT2D eigenvalue weighted by molar-refractivity contribution is 14.0. The second kappa shape index (κ2) is 9.54. The minimum atomic E-state index is 0. The molecule has 0 fully saturated rings. The topological polar surface area (TPSA) is 90.4 Å². The molecule has 1 atom stereocenters. The number of benzene rings is 2. The molecule has 7 nitrogen and oxygen atoms in total. The Morgan fingerprint density at radius 1 is 1.18 bits per heavy atom. The van der Waals surface area contributed by atoms with E-state index in [4.69, 9.17) is 10.5 Å². The summed E-state index contributed by atoms with van der Waals surface area (Å²) < 4.78 is 7.47. The summed E-state index contributed by atoms with van der Waals surface area (Å²) in [6.07, 6.45) is 4.11. The molecule has 0 amide bonds. The average molecular weight is 490 g/mol. The molecule has 3 aromatic rings. The Morgan fingerprint density at radius 3 is 2.75 bits per heavy atom. The van der Waals surface area contributed by atoms with E-state index in [9.17, 15) is 0 Å². The van der Waals surface area contributed by atoms with Crippen molar-refractivity contribution in [3.63, 3.8) is 0 Å². The van der Waals surface area contributed by atoms with Crippen molar-refractivity contribution in [2.24, 2.45) is 10.7 Å². The molecule has 0 spiro atoms. The van der Waals surface area contributed by atoms with Gasteiger partial charge in [-0.05, 0) is 17.2 Å². The number of guanidine groups is 1. The molecule has 1 aliphatic heterocycles. The van der Waals surface area contributed by atoms with E-state index < -0.39 is 0 Å². The standard InChI is InChI=1S/C20H22N6O.HI/c21-20(25-18-9-10-27-19-4-2-1-3-17(18)19)23-11-15-5-7-16(8-6-15)12-26-14-22-13-24-26;/h1-8,13-14,18H,9-12H2,(H3,21,23,25);1H. The third kappa shape index (κ3) is 5.00. The predicted molar refractivity (Wildman–Crippen MR) is 119 cm³/mol. The molecular formula is C20H23IN6O. The summed E-state index contributed by atoms with van der Waals surface area (Å²) in [5.74, 6) is 1.36. The van der Waals surface area contributed by atoms with E-state index >= 15 is 0 Å². The van der Waals surface area contributed by atoms with Crippen molar-refractivity contribution in [3.8, 4) is 5.75 Å². The Morgan fingerprint density at radius 2 is 1.96 bits per heavy atom. The fourth-order valence-electron chi connectivity index (χ4n) is 3.14. The summed E-state index contributed by atoms with van der Waals surface area (Å²) in [5, 5.41) is 7.43. The molecule has 1 aromatic heterocycles. The number of rotatable bonds is 5. The van der Waals surface area contributed by atoms with E-state index in [1.807, 2.05) is 18.2 Å². The summed E-state index contributed by atoms with van der Waals surface area (Å²) >= 11 is 0. The molecule has 0 saturated heterocycles. The molecule has 3 N–H and O–H groups in total. The number of hydrogen-bond acceptors (Lipinski definition) is 4. The van der Waals surface area contributed by atoms with Gasteiger partial charge in [0, 0.05) is 12.0 Å². The van der Waals surface area contributed by atoms with E-state index in [0.29, 0.717) is 25.7 Å². The first-order valence-electron chi connectivity index (χ1n) is 8.96. The van der Waals surface area contributed by atoms with Crippen LogP contribution in [0.1, 0.15) is 29.2 Å². The van der Waals surface area contributed by atoms with Gasteiger partial charge in [0.1, 0.15) is 18.4 Å². The van der Waals surface area contributed by atoms with Crippen LogP contribution >= 0.6 is 24.0 Å². The van der Waals surface area contributed by atoms with Gasteiger partial charge in [0.25, 0.3) is 0 Å². The van der Waals surface area contributed by atoms with Crippen LogP contribution in [-0.2, 0) is 13.1 Å². The lowest BCUT2D eigenvalue weighted by molar-refractivity contribution is 0.262. The van der Waals surface area contributed by atoms with Gasteiger partial charge in [-0.1, -0.05) is 42.5 Å². The van der Waals surface area contributed by atoms with Gasteiger partial charge in [0.05, 0.1) is 25.7 Å². The maximum absolute atomic E-state index is 6.11. The molecule has 0 bridgehead atoms. The van der Waals surface area contributed by atoms with Crippen LogP contribution in [0.3, 0.4) is 0 Å². The van der Waals surface area contributed by atoms with Crippen LogP contribution in [0.4, 0.5) is 0 Å². The lowest BCUT2D eigenvalue weighted by atomic mass is 10.0. The highest BCUT2D eigenvalue weighted by atomic mass is 127. The van der Waals surface area contributed by atoms with Gasteiger partial charge in [0.15, 0.2) is 5.96 Å². The Bertz CT molecular complexity index is 911. The fourth-order valence-corrected chi connectivity index (χ4v) is 3.14. The first-order chi connectivity index (χ1) is 13.3. The van der Waals surface area contributed by atoms with Crippen LogP contribution in [-0.4, -0.2) is 27.3 Å². The third-order valence-corrected chi connectivity index (χ3v) is 4.55. The molecule has 146 valence electrons. The quantitative estimate of drug-likeness (QED) is 0.326. The average Bonchev–Trinajstić information content (AvgIpc) is 3.21. The van der Waals surface area contributed by atoms with Gasteiger partial charge >= 0.3 is 0 Å². The van der Waals surface area contributed by atoms with Crippen LogP contribution in [0.2, 0.25) is 0 Å². The van der Waals surface area contributed by atoms with Gasteiger partial charge in [-0.15, -0.1) is 24.0 Å². The van der Waals surface area contributed by atoms with Crippen molar-refractivity contribution in [3.05, 3.63) is 77.9 Å².